The number of nitrogens with zero attached hydrogens (tertiary/aromatic N) is 3. The fourth-order valence-corrected chi connectivity index (χ4v) is 7.55. The summed E-state index contributed by atoms with van der Waals surface area (Å²) in [5.74, 6) is 2.94. The van der Waals surface area contributed by atoms with Crippen molar-refractivity contribution in [1.82, 2.24) is 15.1 Å². The summed E-state index contributed by atoms with van der Waals surface area (Å²) in [6.07, 6.45) is 16.5. The monoisotopic (exact) mass is 558 g/mol. The van der Waals surface area contributed by atoms with Crippen LogP contribution < -0.4 is 5.32 Å². The third kappa shape index (κ3) is 5.13. The van der Waals surface area contributed by atoms with Crippen molar-refractivity contribution in [3.63, 3.8) is 0 Å². The van der Waals surface area contributed by atoms with E-state index >= 15 is 0 Å². The van der Waals surface area contributed by atoms with Crippen LogP contribution in [-0.4, -0.2) is 26.1 Å². The van der Waals surface area contributed by atoms with E-state index in [1.165, 1.54) is 19.3 Å². The molecule has 5 fully saturated rings. The molecule has 5 saturated carbocycles. The molecule has 5 aliphatic rings. The maximum atomic E-state index is 13.4. The van der Waals surface area contributed by atoms with Crippen LogP contribution in [0.25, 0.3) is 11.5 Å². The topological polar surface area (TPSA) is 114 Å². The van der Waals surface area contributed by atoms with Crippen molar-refractivity contribution in [3.05, 3.63) is 47.4 Å². The third-order valence-corrected chi connectivity index (χ3v) is 10.6. The molecule has 5 aliphatic carbocycles. The summed E-state index contributed by atoms with van der Waals surface area (Å²) in [5.41, 5.74) is 2.38. The van der Waals surface area contributed by atoms with E-state index in [-0.39, 0.29) is 22.7 Å². The standard InChI is InChI=1S/C33H42N4O4/c1-31(2,39)26-20-40-29(35-26)23-9-6-10-25(34-28(38)22-7-4-3-5-8-22)24(23)19-32-13-16-33(17-14-32,18-15-32)30-36-27(37-41-30)21-11-12-21/h6,9-10,20-22,39H,3-5,7-8,11-19H2,1-2H3,(H,34,38). The van der Waals surface area contributed by atoms with Gasteiger partial charge < -0.3 is 19.4 Å². The van der Waals surface area contributed by atoms with Gasteiger partial charge in [-0.25, -0.2) is 4.98 Å². The third-order valence-electron chi connectivity index (χ3n) is 10.6. The van der Waals surface area contributed by atoms with Crippen LogP contribution in [0.5, 0.6) is 0 Å². The zero-order chi connectivity index (χ0) is 28.2. The summed E-state index contributed by atoms with van der Waals surface area (Å²) in [6.45, 7) is 3.42. The highest BCUT2D eigenvalue weighted by Crippen LogP contribution is 2.59. The number of amides is 1. The Morgan fingerprint density at radius 3 is 2.41 bits per heavy atom. The van der Waals surface area contributed by atoms with Gasteiger partial charge in [-0.05, 0) is 108 Å². The van der Waals surface area contributed by atoms with Gasteiger partial charge in [-0.3, -0.25) is 4.79 Å². The van der Waals surface area contributed by atoms with Gasteiger partial charge >= 0.3 is 0 Å². The van der Waals surface area contributed by atoms with Crippen LogP contribution in [0.3, 0.4) is 0 Å². The van der Waals surface area contributed by atoms with Crippen molar-refractivity contribution >= 4 is 11.6 Å². The van der Waals surface area contributed by atoms with Crippen LogP contribution >= 0.6 is 0 Å². The van der Waals surface area contributed by atoms with Gasteiger partial charge in [-0.15, -0.1) is 0 Å². The fraction of sp³-hybridized carbons (Fsp3) is 0.636. The summed E-state index contributed by atoms with van der Waals surface area (Å²) < 4.78 is 11.8. The molecule has 2 heterocycles. The number of aromatic nitrogens is 3. The average Bonchev–Trinajstić information content (AvgIpc) is 3.48. The largest absolute Gasteiger partial charge is 0.444 e. The lowest BCUT2D eigenvalue weighted by molar-refractivity contribution is -0.120. The predicted molar refractivity (Wildman–Crippen MR) is 154 cm³/mol. The Bertz CT molecular complexity index is 1400. The minimum atomic E-state index is -1.10. The Labute approximate surface area is 241 Å². The highest BCUT2D eigenvalue weighted by Gasteiger charge is 2.52. The number of oxazole rings is 1. The molecule has 2 aromatic heterocycles. The van der Waals surface area contributed by atoms with Crippen molar-refractivity contribution in [2.45, 2.75) is 121 Å². The van der Waals surface area contributed by atoms with Crippen LogP contribution in [-0.2, 0) is 22.2 Å². The SMILES string of the molecule is CC(C)(O)c1coc(-c2cccc(NC(=O)C3CCCCC3)c2CC23CCC(c4nc(C5CC5)no4)(CC2)CC3)n1. The second kappa shape index (κ2) is 10.1. The van der Waals surface area contributed by atoms with Crippen molar-refractivity contribution in [2.24, 2.45) is 11.3 Å². The zero-order valence-corrected chi connectivity index (χ0v) is 24.4. The lowest BCUT2D eigenvalue weighted by Crippen LogP contribution is -2.45. The lowest BCUT2D eigenvalue weighted by atomic mass is 9.52. The van der Waals surface area contributed by atoms with E-state index in [0.717, 1.165) is 99.2 Å². The highest BCUT2D eigenvalue weighted by atomic mass is 16.5. The Kier molecular flexibility index (Phi) is 6.60. The quantitative estimate of drug-likeness (QED) is 0.301. The molecule has 2 bridgehead atoms. The van der Waals surface area contributed by atoms with E-state index in [9.17, 15) is 9.90 Å². The Morgan fingerprint density at radius 1 is 1.02 bits per heavy atom. The van der Waals surface area contributed by atoms with Gasteiger partial charge in [0.1, 0.15) is 17.6 Å². The lowest BCUT2D eigenvalue weighted by Gasteiger charge is -2.52. The van der Waals surface area contributed by atoms with Crippen LogP contribution in [0, 0.1) is 11.3 Å². The smallest absolute Gasteiger partial charge is 0.232 e. The minimum absolute atomic E-state index is 0.00358. The Balaban J connectivity index is 1.18. The molecule has 1 amide bonds. The van der Waals surface area contributed by atoms with E-state index in [1.807, 2.05) is 18.2 Å². The maximum Gasteiger partial charge on any atom is 0.232 e. The first-order valence-electron chi connectivity index (χ1n) is 15.7. The summed E-state index contributed by atoms with van der Waals surface area (Å²) in [5, 5.41) is 18.2. The second-order valence-corrected chi connectivity index (χ2v) is 13.9. The zero-order valence-electron chi connectivity index (χ0n) is 24.4. The van der Waals surface area contributed by atoms with E-state index in [0.29, 0.717) is 17.5 Å². The van der Waals surface area contributed by atoms with Gasteiger partial charge in [0, 0.05) is 28.5 Å². The van der Waals surface area contributed by atoms with Crippen molar-refractivity contribution < 1.29 is 18.8 Å². The molecule has 218 valence electrons. The van der Waals surface area contributed by atoms with Crippen LogP contribution in [0.15, 0.2) is 33.4 Å². The first kappa shape index (κ1) is 26.9. The average molecular weight is 559 g/mol. The molecule has 8 nitrogen and oxygen atoms in total. The van der Waals surface area contributed by atoms with E-state index in [4.69, 9.17) is 13.9 Å². The van der Waals surface area contributed by atoms with Crippen LogP contribution in [0.4, 0.5) is 5.69 Å². The first-order valence-corrected chi connectivity index (χ1v) is 15.7. The highest BCUT2D eigenvalue weighted by molar-refractivity contribution is 5.94. The summed E-state index contributed by atoms with van der Waals surface area (Å²) in [4.78, 5) is 23.0. The van der Waals surface area contributed by atoms with Gasteiger partial charge in [-0.1, -0.05) is 30.5 Å². The number of benzene rings is 1. The van der Waals surface area contributed by atoms with Gasteiger partial charge in [0.25, 0.3) is 0 Å². The fourth-order valence-electron chi connectivity index (χ4n) is 7.55. The maximum absolute atomic E-state index is 13.4. The number of fused-ring (bicyclic) bond motifs is 3. The Morgan fingerprint density at radius 2 is 1.76 bits per heavy atom. The van der Waals surface area contributed by atoms with Crippen LogP contribution in [0.2, 0.25) is 0 Å². The molecule has 0 atom stereocenters. The van der Waals surface area contributed by atoms with E-state index in [1.54, 1.807) is 20.1 Å². The molecule has 0 unspecified atom stereocenters. The van der Waals surface area contributed by atoms with Gasteiger partial charge in [0.05, 0.1) is 0 Å². The molecule has 0 saturated heterocycles. The van der Waals surface area contributed by atoms with Crippen molar-refractivity contribution in [3.8, 4) is 11.5 Å². The van der Waals surface area contributed by atoms with Gasteiger partial charge in [-0.2, -0.15) is 4.98 Å². The molecule has 2 N–H and O–H groups in total. The number of nitrogens with one attached hydrogen (secondary N) is 1. The molecule has 1 aromatic carbocycles. The van der Waals surface area contributed by atoms with Crippen molar-refractivity contribution in [2.75, 3.05) is 5.32 Å². The molecule has 0 radical (unpaired) electrons. The first-order chi connectivity index (χ1) is 19.7. The molecule has 41 heavy (non-hydrogen) atoms. The minimum Gasteiger partial charge on any atom is -0.444 e. The van der Waals surface area contributed by atoms with E-state index in [2.05, 4.69) is 15.5 Å². The molecule has 8 heteroatoms. The molecular weight excluding hydrogens is 516 g/mol. The normalized spacial score (nSPS) is 26.8. The molecule has 0 aliphatic heterocycles. The Hall–Kier alpha value is -3.00. The summed E-state index contributed by atoms with van der Waals surface area (Å²) in [7, 11) is 0. The van der Waals surface area contributed by atoms with Gasteiger partial charge in [0.15, 0.2) is 5.82 Å². The number of hydrogen-bond acceptors (Lipinski definition) is 7. The number of anilines is 1. The number of aliphatic hydroxyl groups is 1. The van der Waals surface area contributed by atoms with Crippen LogP contribution in [0.1, 0.15) is 126 Å². The molecule has 8 rings (SSSR count). The molecular formula is C33H42N4O4. The number of carbonyl (C=O) groups excluding carboxylic acids is 1. The summed E-state index contributed by atoms with van der Waals surface area (Å²) >= 11 is 0. The number of carbonyl (C=O) groups is 1. The molecule has 0 spiro atoms. The second-order valence-electron chi connectivity index (χ2n) is 13.9. The molecule has 3 aromatic rings. The summed E-state index contributed by atoms with van der Waals surface area (Å²) in [6, 6.07) is 6.04. The number of hydrogen-bond donors (Lipinski definition) is 2. The predicted octanol–water partition coefficient (Wildman–Crippen LogP) is 7.18. The van der Waals surface area contributed by atoms with E-state index < -0.39 is 5.60 Å². The van der Waals surface area contributed by atoms with Crippen molar-refractivity contribution in [1.29, 1.82) is 0 Å². The number of rotatable bonds is 8. The van der Waals surface area contributed by atoms with Gasteiger partial charge in [0.2, 0.25) is 17.7 Å².